The van der Waals surface area contributed by atoms with Gasteiger partial charge in [0.25, 0.3) is 0 Å². The molecule has 130 valence electrons. The van der Waals surface area contributed by atoms with Gasteiger partial charge in [-0.3, -0.25) is 0 Å². The van der Waals surface area contributed by atoms with Crippen LogP contribution in [0.25, 0.3) is 0 Å². The van der Waals surface area contributed by atoms with Gasteiger partial charge in [-0.15, -0.1) is 12.4 Å². The zero-order chi connectivity index (χ0) is 16.2. The molecular weight excluding hydrogens is 340 g/mol. The number of ether oxygens (including phenoxy) is 1. The molecule has 1 aromatic carbocycles. The van der Waals surface area contributed by atoms with Gasteiger partial charge in [0.1, 0.15) is 0 Å². The van der Waals surface area contributed by atoms with Gasteiger partial charge in [0.2, 0.25) is 10.0 Å². The van der Waals surface area contributed by atoms with E-state index in [0.717, 1.165) is 12.8 Å². The summed E-state index contributed by atoms with van der Waals surface area (Å²) in [6.45, 7) is 2.92. The lowest BCUT2D eigenvalue weighted by Crippen LogP contribution is -2.46. The van der Waals surface area contributed by atoms with Crippen LogP contribution in [-0.2, 0) is 14.8 Å². The minimum absolute atomic E-state index is 0. The van der Waals surface area contributed by atoms with Gasteiger partial charge in [-0.25, -0.2) is 13.2 Å². The second kappa shape index (κ2) is 8.63. The molecule has 1 aliphatic heterocycles. The van der Waals surface area contributed by atoms with E-state index in [0.29, 0.717) is 13.1 Å². The number of hydrogen-bond acceptors (Lipinski definition) is 5. The van der Waals surface area contributed by atoms with E-state index in [1.54, 1.807) is 19.1 Å². The molecule has 2 rings (SSSR count). The zero-order valence-electron chi connectivity index (χ0n) is 13.3. The van der Waals surface area contributed by atoms with Gasteiger partial charge >= 0.3 is 5.97 Å². The number of rotatable bonds is 5. The number of piperidine rings is 1. The van der Waals surface area contributed by atoms with Crippen molar-refractivity contribution in [2.24, 2.45) is 0 Å². The molecule has 0 saturated carbocycles. The molecule has 6 nitrogen and oxygen atoms in total. The molecule has 1 saturated heterocycles. The van der Waals surface area contributed by atoms with Crippen molar-refractivity contribution in [3.05, 3.63) is 29.8 Å². The third kappa shape index (κ3) is 4.67. The van der Waals surface area contributed by atoms with Crippen LogP contribution in [0.4, 0.5) is 0 Å². The summed E-state index contributed by atoms with van der Waals surface area (Å²) < 4.78 is 31.8. The average molecular weight is 363 g/mol. The van der Waals surface area contributed by atoms with Crippen molar-refractivity contribution >= 4 is 28.4 Å². The smallest absolute Gasteiger partial charge is 0.338 e. The van der Waals surface area contributed by atoms with Crippen LogP contribution in [0.1, 0.15) is 30.1 Å². The van der Waals surface area contributed by atoms with Crippen molar-refractivity contribution in [2.45, 2.75) is 30.7 Å². The van der Waals surface area contributed by atoms with Crippen LogP contribution in [0.2, 0.25) is 0 Å². The monoisotopic (exact) mass is 362 g/mol. The highest BCUT2D eigenvalue weighted by Crippen LogP contribution is 2.21. The Morgan fingerprint density at radius 3 is 2.83 bits per heavy atom. The average Bonchev–Trinajstić information content (AvgIpc) is 2.55. The second-order valence-corrected chi connectivity index (χ2v) is 7.18. The van der Waals surface area contributed by atoms with Crippen molar-refractivity contribution in [3.8, 4) is 0 Å². The van der Waals surface area contributed by atoms with E-state index in [9.17, 15) is 13.2 Å². The number of carbonyl (C=O) groups is 1. The first-order chi connectivity index (χ1) is 10.5. The third-order valence-electron chi connectivity index (χ3n) is 3.78. The summed E-state index contributed by atoms with van der Waals surface area (Å²) in [5.74, 6) is -0.508. The predicted octanol–water partition coefficient (Wildman–Crippen LogP) is 1.66. The van der Waals surface area contributed by atoms with Gasteiger partial charge in [0.05, 0.1) is 17.1 Å². The number of nitrogens with one attached hydrogen (secondary N) is 1. The van der Waals surface area contributed by atoms with Crippen molar-refractivity contribution in [1.82, 2.24) is 9.62 Å². The summed E-state index contributed by atoms with van der Waals surface area (Å²) in [6, 6.07) is 6.19. The van der Waals surface area contributed by atoms with Gasteiger partial charge < -0.3 is 10.1 Å². The van der Waals surface area contributed by atoms with E-state index < -0.39 is 16.0 Å². The SMILES string of the molecule is CCOC(=O)c1cccc(S(=O)(=O)N2CCCC(NC)C2)c1.Cl. The predicted molar refractivity (Wildman–Crippen MR) is 90.5 cm³/mol. The number of sulfonamides is 1. The Kier molecular flexibility index (Phi) is 7.47. The Balaban J connectivity index is 0.00000264. The standard InChI is InChI=1S/C15H22N2O4S.ClH/c1-3-21-15(18)12-6-4-8-14(10-12)22(19,20)17-9-5-7-13(11-17)16-2;/h4,6,8,10,13,16H,3,5,7,9,11H2,1-2H3;1H. The van der Waals surface area contributed by atoms with E-state index in [1.807, 2.05) is 7.05 Å². The minimum Gasteiger partial charge on any atom is -0.462 e. The summed E-state index contributed by atoms with van der Waals surface area (Å²) in [5, 5.41) is 3.12. The molecule has 1 heterocycles. The summed E-state index contributed by atoms with van der Waals surface area (Å²) in [5.41, 5.74) is 0.255. The molecule has 0 radical (unpaired) electrons. The highest BCUT2D eigenvalue weighted by atomic mass is 35.5. The molecular formula is C15H23ClN2O4S. The van der Waals surface area contributed by atoms with E-state index in [2.05, 4.69) is 5.32 Å². The fourth-order valence-corrected chi connectivity index (χ4v) is 4.11. The van der Waals surface area contributed by atoms with Crippen LogP contribution in [0.5, 0.6) is 0 Å². The first-order valence-electron chi connectivity index (χ1n) is 7.43. The topological polar surface area (TPSA) is 75.7 Å². The Morgan fingerprint density at radius 1 is 1.43 bits per heavy atom. The summed E-state index contributed by atoms with van der Waals surface area (Å²) in [7, 11) is -1.75. The Morgan fingerprint density at radius 2 is 2.17 bits per heavy atom. The molecule has 0 aromatic heterocycles. The summed E-state index contributed by atoms with van der Waals surface area (Å²) in [6.07, 6.45) is 1.79. The number of esters is 1. The Bertz CT molecular complexity index is 636. The zero-order valence-corrected chi connectivity index (χ0v) is 15.0. The van der Waals surface area contributed by atoms with Crippen LogP contribution >= 0.6 is 12.4 Å². The molecule has 1 unspecified atom stereocenters. The number of halogens is 1. The molecule has 0 bridgehead atoms. The molecule has 1 N–H and O–H groups in total. The summed E-state index contributed by atoms with van der Waals surface area (Å²) in [4.78, 5) is 11.9. The molecule has 0 amide bonds. The largest absolute Gasteiger partial charge is 0.462 e. The lowest BCUT2D eigenvalue weighted by atomic mass is 10.1. The lowest BCUT2D eigenvalue weighted by Gasteiger charge is -2.31. The molecule has 8 heteroatoms. The van der Waals surface area contributed by atoms with Gasteiger partial charge in [0, 0.05) is 19.1 Å². The normalized spacial score (nSPS) is 19.0. The second-order valence-electron chi connectivity index (χ2n) is 5.24. The van der Waals surface area contributed by atoms with Crippen molar-refractivity contribution in [2.75, 3.05) is 26.7 Å². The number of hydrogen-bond donors (Lipinski definition) is 1. The fraction of sp³-hybridized carbons (Fsp3) is 0.533. The van der Waals surface area contributed by atoms with E-state index >= 15 is 0 Å². The summed E-state index contributed by atoms with van der Waals surface area (Å²) >= 11 is 0. The number of benzene rings is 1. The van der Waals surface area contributed by atoms with E-state index in [4.69, 9.17) is 4.74 Å². The lowest BCUT2D eigenvalue weighted by molar-refractivity contribution is 0.0526. The van der Waals surface area contributed by atoms with E-state index in [1.165, 1.54) is 16.4 Å². The molecule has 0 aliphatic carbocycles. The number of likely N-dealkylation sites (N-methyl/N-ethyl adjacent to an activating group) is 1. The van der Waals surface area contributed by atoms with Gasteiger partial charge in [-0.2, -0.15) is 4.31 Å². The van der Waals surface area contributed by atoms with Crippen LogP contribution in [0.15, 0.2) is 29.2 Å². The molecule has 23 heavy (non-hydrogen) atoms. The van der Waals surface area contributed by atoms with Crippen molar-refractivity contribution < 1.29 is 17.9 Å². The first kappa shape index (κ1) is 19.9. The number of carbonyl (C=O) groups excluding carboxylic acids is 1. The highest BCUT2D eigenvalue weighted by molar-refractivity contribution is 7.89. The molecule has 0 spiro atoms. The maximum atomic E-state index is 12.7. The van der Waals surface area contributed by atoms with Gasteiger partial charge in [-0.1, -0.05) is 6.07 Å². The van der Waals surface area contributed by atoms with Gasteiger partial charge in [0.15, 0.2) is 0 Å². The van der Waals surface area contributed by atoms with E-state index in [-0.39, 0.29) is 35.5 Å². The highest BCUT2D eigenvalue weighted by Gasteiger charge is 2.30. The fourth-order valence-electron chi connectivity index (χ4n) is 2.54. The maximum Gasteiger partial charge on any atom is 0.338 e. The maximum absolute atomic E-state index is 12.7. The molecule has 1 aliphatic rings. The Hall–Kier alpha value is -1.15. The van der Waals surface area contributed by atoms with Crippen molar-refractivity contribution in [3.63, 3.8) is 0 Å². The molecule has 1 fully saturated rings. The van der Waals surface area contributed by atoms with Crippen molar-refractivity contribution in [1.29, 1.82) is 0 Å². The molecule has 1 aromatic rings. The van der Waals surface area contributed by atoms with Crippen LogP contribution in [0.3, 0.4) is 0 Å². The Labute approximate surface area is 143 Å². The van der Waals surface area contributed by atoms with Crippen LogP contribution in [-0.4, -0.2) is 51.5 Å². The quantitative estimate of drug-likeness (QED) is 0.806. The number of nitrogens with zero attached hydrogens (tertiary/aromatic N) is 1. The van der Waals surface area contributed by atoms with Crippen LogP contribution in [0, 0.1) is 0 Å². The minimum atomic E-state index is -3.59. The first-order valence-corrected chi connectivity index (χ1v) is 8.87. The van der Waals surface area contributed by atoms with Gasteiger partial charge in [-0.05, 0) is 45.0 Å². The third-order valence-corrected chi connectivity index (χ3v) is 5.64. The van der Waals surface area contributed by atoms with Crippen LogP contribution < -0.4 is 5.32 Å². The molecule has 1 atom stereocenters.